The number of rotatable bonds is 9. The second-order valence-electron chi connectivity index (χ2n) is 6.30. The van der Waals surface area contributed by atoms with Crippen molar-refractivity contribution < 1.29 is 0 Å². The first kappa shape index (κ1) is 15.4. The first-order chi connectivity index (χ1) is 9.90. The van der Waals surface area contributed by atoms with E-state index in [1.165, 1.54) is 81.9 Å². The van der Waals surface area contributed by atoms with E-state index >= 15 is 0 Å². The van der Waals surface area contributed by atoms with E-state index in [-0.39, 0.29) is 0 Å². The molecule has 0 aromatic heterocycles. The maximum absolute atomic E-state index is 3.72. The molecule has 1 aromatic carbocycles. The Balaban J connectivity index is 1.53. The highest BCUT2D eigenvalue weighted by Gasteiger charge is 2.16. The van der Waals surface area contributed by atoms with Crippen LogP contribution in [0.25, 0.3) is 0 Å². The van der Waals surface area contributed by atoms with Gasteiger partial charge in [-0.3, -0.25) is 0 Å². The maximum Gasteiger partial charge on any atom is 0.0374 e. The summed E-state index contributed by atoms with van der Waals surface area (Å²) in [5.74, 6) is 0. The number of hydrogen-bond donors (Lipinski definition) is 1. The second kappa shape index (κ2) is 9.05. The summed E-state index contributed by atoms with van der Waals surface area (Å²) in [6.45, 7) is 2.29. The summed E-state index contributed by atoms with van der Waals surface area (Å²) in [6, 6.07) is 9.50. The molecule has 0 amide bonds. The van der Waals surface area contributed by atoms with Gasteiger partial charge in [-0.05, 0) is 30.9 Å². The lowest BCUT2D eigenvalue weighted by Crippen LogP contribution is -2.25. The van der Waals surface area contributed by atoms with Gasteiger partial charge in [-0.2, -0.15) is 0 Å². The van der Waals surface area contributed by atoms with E-state index in [0.29, 0.717) is 6.04 Å². The quantitative estimate of drug-likeness (QED) is 0.549. The highest BCUT2D eigenvalue weighted by Crippen LogP contribution is 2.26. The molecule has 1 aliphatic heterocycles. The smallest absolute Gasteiger partial charge is 0.0374 e. The van der Waals surface area contributed by atoms with Gasteiger partial charge in [0.15, 0.2) is 0 Å². The molecule has 1 atom stereocenters. The van der Waals surface area contributed by atoms with Crippen LogP contribution in [0, 0.1) is 0 Å². The first-order valence-electron chi connectivity index (χ1n) is 8.74. The lowest BCUT2D eigenvalue weighted by Gasteiger charge is -2.27. The van der Waals surface area contributed by atoms with Gasteiger partial charge in [-0.1, -0.05) is 76.5 Å². The Bertz CT molecular complexity index is 372. The molecule has 0 spiro atoms. The van der Waals surface area contributed by atoms with Crippen LogP contribution in [-0.4, -0.2) is 6.04 Å². The van der Waals surface area contributed by atoms with Crippen LogP contribution in [0.1, 0.15) is 76.7 Å². The number of unbranched alkanes of at least 4 members (excludes halogenated alkanes) is 7. The number of fused-ring (bicyclic) bond motifs is 1. The predicted molar refractivity (Wildman–Crippen MR) is 89.4 cm³/mol. The fourth-order valence-corrected chi connectivity index (χ4v) is 3.24. The van der Waals surface area contributed by atoms with Crippen molar-refractivity contribution in [3.05, 3.63) is 29.8 Å². The van der Waals surface area contributed by atoms with Crippen LogP contribution >= 0.6 is 0 Å². The molecule has 112 valence electrons. The van der Waals surface area contributed by atoms with E-state index in [9.17, 15) is 0 Å². The molecule has 0 bridgehead atoms. The van der Waals surface area contributed by atoms with Crippen molar-refractivity contribution in [2.75, 3.05) is 5.32 Å². The van der Waals surface area contributed by atoms with E-state index < -0.39 is 0 Å². The van der Waals surface area contributed by atoms with Gasteiger partial charge in [0.2, 0.25) is 0 Å². The van der Waals surface area contributed by atoms with Crippen LogP contribution in [0.4, 0.5) is 5.69 Å². The van der Waals surface area contributed by atoms with Gasteiger partial charge in [0, 0.05) is 11.7 Å². The summed E-state index contributed by atoms with van der Waals surface area (Å²) in [4.78, 5) is 0. The predicted octanol–water partition coefficient (Wildman–Crippen LogP) is 5.94. The zero-order valence-electron chi connectivity index (χ0n) is 13.2. The summed E-state index contributed by atoms with van der Waals surface area (Å²) >= 11 is 0. The van der Waals surface area contributed by atoms with Gasteiger partial charge in [0.25, 0.3) is 0 Å². The Morgan fingerprint density at radius 3 is 2.45 bits per heavy atom. The van der Waals surface area contributed by atoms with Crippen LogP contribution in [0.5, 0.6) is 0 Å². The van der Waals surface area contributed by atoms with Crippen LogP contribution in [-0.2, 0) is 6.42 Å². The lowest BCUT2D eigenvalue weighted by atomic mass is 9.94. The average Bonchev–Trinajstić information content (AvgIpc) is 2.50. The molecule has 1 N–H and O–H groups in total. The highest BCUT2D eigenvalue weighted by molar-refractivity contribution is 5.53. The van der Waals surface area contributed by atoms with Gasteiger partial charge in [0.05, 0.1) is 0 Å². The van der Waals surface area contributed by atoms with Gasteiger partial charge in [-0.15, -0.1) is 0 Å². The molecule has 0 aliphatic carbocycles. The largest absolute Gasteiger partial charge is 0.382 e. The van der Waals surface area contributed by atoms with Gasteiger partial charge in [-0.25, -0.2) is 0 Å². The summed E-state index contributed by atoms with van der Waals surface area (Å²) in [5, 5.41) is 3.72. The maximum atomic E-state index is 3.72. The van der Waals surface area contributed by atoms with Crippen LogP contribution < -0.4 is 5.32 Å². The van der Waals surface area contributed by atoms with E-state index in [1.54, 1.807) is 0 Å². The summed E-state index contributed by atoms with van der Waals surface area (Å²) in [7, 11) is 0. The van der Waals surface area contributed by atoms with E-state index in [2.05, 4.69) is 36.5 Å². The highest BCUT2D eigenvalue weighted by atomic mass is 14.9. The fraction of sp³-hybridized carbons (Fsp3) is 0.684. The number of nitrogens with one attached hydrogen (secondary N) is 1. The topological polar surface area (TPSA) is 12.0 Å². The molecule has 0 radical (unpaired) electrons. The number of benzene rings is 1. The summed E-state index contributed by atoms with van der Waals surface area (Å²) in [5.41, 5.74) is 2.88. The monoisotopic (exact) mass is 273 g/mol. The summed E-state index contributed by atoms with van der Waals surface area (Å²) < 4.78 is 0. The van der Waals surface area contributed by atoms with Crippen LogP contribution in [0.2, 0.25) is 0 Å². The molecule has 1 unspecified atom stereocenters. The molecular formula is C19H31N. The zero-order chi connectivity index (χ0) is 14.0. The van der Waals surface area contributed by atoms with Gasteiger partial charge >= 0.3 is 0 Å². The molecule has 1 heteroatoms. The normalized spacial score (nSPS) is 17.6. The first-order valence-corrected chi connectivity index (χ1v) is 8.74. The van der Waals surface area contributed by atoms with Crippen LogP contribution in [0.3, 0.4) is 0 Å². The second-order valence-corrected chi connectivity index (χ2v) is 6.30. The minimum atomic E-state index is 0.713. The third kappa shape index (κ3) is 5.19. The Morgan fingerprint density at radius 1 is 0.950 bits per heavy atom. The average molecular weight is 273 g/mol. The van der Waals surface area contributed by atoms with Crippen molar-refractivity contribution in [2.45, 2.75) is 83.6 Å². The summed E-state index contributed by atoms with van der Waals surface area (Å²) in [6.07, 6.45) is 15.3. The molecule has 1 aromatic rings. The number of aryl methyl sites for hydroxylation is 1. The van der Waals surface area contributed by atoms with Crippen molar-refractivity contribution in [1.29, 1.82) is 0 Å². The van der Waals surface area contributed by atoms with Gasteiger partial charge in [0.1, 0.15) is 0 Å². The molecule has 1 heterocycles. The van der Waals surface area contributed by atoms with E-state index in [4.69, 9.17) is 0 Å². The minimum absolute atomic E-state index is 0.713. The standard InChI is InChI=1S/C19H31N/c1-2-3-4-5-6-7-8-9-13-18-16-15-17-12-10-11-14-19(17)20-18/h10-12,14,18,20H,2-9,13,15-16H2,1H3. The Hall–Kier alpha value is -0.980. The van der Waals surface area contributed by atoms with Crippen LogP contribution in [0.15, 0.2) is 24.3 Å². The zero-order valence-corrected chi connectivity index (χ0v) is 13.2. The Morgan fingerprint density at radius 2 is 1.65 bits per heavy atom. The van der Waals surface area contributed by atoms with Gasteiger partial charge < -0.3 is 5.32 Å². The molecular weight excluding hydrogens is 242 g/mol. The lowest BCUT2D eigenvalue weighted by molar-refractivity contribution is 0.519. The number of anilines is 1. The molecule has 1 aliphatic rings. The van der Waals surface area contributed by atoms with Crippen molar-refractivity contribution in [1.82, 2.24) is 0 Å². The minimum Gasteiger partial charge on any atom is -0.382 e. The number of para-hydroxylation sites is 1. The third-order valence-electron chi connectivity index (χ3n) is 4.55. The van der Waals surface area contributed by atoms with Crippen molar-refractivity contribution in [2.24, 2.45) is 0 Å². The molecule has 0 fully saturated rings. The molecule has 2 rings (SSSR count). The van der Waals surface area contributed by atoms with E-state index in [1.807, 2.05) is 0 Å². The molecule has 0 saturated heterocycles. The molecule has 20 heavy (non-hydrogen) atoms. The molecule has 0 saturated carbocycles. The van der Waals surface area contributed by atoms with Crippen molar-refractivity contribution >= 4 is 5.69 Å². The Kier molecular flexibility index (Phi) is 6.97. The van der Waals surface area contributed by atoms with E-state index in [0.717, 1.165) is 0 Å². The third-order valence-corrected chi connectivity index (χ3v) is 4.55. The number of hydrogen-bond acceptors (Lipinski definition) is 1. The SMILES string of the molecule is CCCCCCCCCCC1CCc2ccccc2N1. The Labute approximate surface area is 125 Å². The van der Waals surface area contributed by atoms with Crippen molar-refractivity contribution in [3.63, 3.8) is 0 Å². The molecule has 1 nitrogen and oxygen atoms in total. The fourth-order valence-electron chi connectivity index (χ4n) is 3.24. The van der Waals surface area contributed by atoms with Crippen molar-refractivity contribution in [3.8, 4) is 0 Å².